The Hall–Kier alpha value is -3.59. The Kier molecular flexibility index (Phi) is 6.45. The highest BCUT2D eigenvalue weighted by atomic mass is 16.5. The van der Waals surface area contributed by atoms with Crippen molar-refractivity contribution < 1.29 is 23.8 Å². The van der Waals surface area contributed by atoms with Gasteiger partial charge in [-0.3, -0.25) is 4.79 Å². The summed E-state index contributed by atoms with van der Waals surface area (Å²) in [6.07, 6.45) is 0.683. The number of rotatable bonds is 7. The van der Waals surface area contributed by atoms with Crippen LogP contribution in [0.2, 0.25) is 0 Å². The lowest BCUT2D eigenvalue weighted by atomic mass is 10.1. The smallest absolute Gasteiger partial charge is 0.333 e. The fourth-order valence-corrected chi connectivity index (χ4v) is 3.66. The third kappa shape index (κ3) is 4.95. The van der Waals surface area contributed by atoms with Gasteiger partial charge >= 0.3 is 11.9 Å². The lowest BCUT2D eigenvalue weighted by molar-refractivity contribution is -0.149. The third-order valence-electron chi connectivity index (χ3n) is 5.59. The Morgan fingerprint density at radius 3 is 2.42 bits per heavy atom. The second kappa shape index (κ2) is 9.05. The van der Waals surface area contributed by atoms with Crippen molar-refractivity contribution in [3.05, 3.63) is 71.8 Å². The zero-order valence-corrected chi connectivity index (χ0v) is 18.0. The van der Waals surface area contributed by atoms with Crippen LogP contribution in [-0.2, 0) is 19.1 Å². The van der Waals surface area contributed by atoms with Crippen molar-refractivity contribution in [3.8, 4) is 17.6 Å². The van der Waals surface area contributed by atoms with E-state index in [1.165, 1.54) is 7.11 Å². The average molecular weight is 419 g/mol. The fourth-order valence-electron chi connectivity index (χ4n) is 3.66. The molecule has 6 heteroatoms. The molecule has 0 heterocycles. The molecule has 0 aromatic heterocycles. The first-order valence-corrected chi connectivity index (χ1v) is 9.97. The van der Waals surface area contributed by atoms with Crippen LogP contribution in [0, 0.1) is 28.6 Å². The summed E-state index contributed by atoms with van der Waals surface area (Å²) in [5, 5.41) is 9.62. The van der Waals surface area contributed by atoms with Crippen LogP contribution in [0.1, 0.15) is 32.4 Å². The first-order chi connectivity index (χ1) is 14.8. The summed E-state index contributed by atoms with van der Waals surface area (Å²) in [6.45, 7) is 5.51. The summed E-state index contributed by atoms with van der Waals surface area (Å²) < 4.78 is 16.1. The number of benzene rings is 2. The highest BCUT2D eigenvalue weighted by Gasteiger charge is 2.62. The van der Waals surface area contributed by atoms with Crippen molar-refractivity contribution in [1.82, 2.24) is 0 Å². The summed E-state index contributed by atoms with van der Waals surface area (Å²) in [5.41, 5.74) is 0.601. The first-order valence-electron chi connectivity index (χ1n) is 9.97. The average Bonchev–Trinajstić information content (AvgIpc) is 3.31. The molecule has 0 spiro atoms. The normalized spacial score (nSPS) is 20.2. The zero-order chi connectivity index (χ0) is 22.6. The molecule has 2 aromatic carbocycles. The quantitative estimate of drug-likeness (QED) is 0.465. The van der Waals surface area contributed by atoms with Crippen molar-refractivity contribution in [2.24, 2.45) is 17.3 Å². The summed E-state index contributed by atoms with van der Waals surface area (Å²) in [5.74, 6) is -0.288. The molecule has 0 N–H and O–H groups in total. The minimum atomic E-state index is -1.06. The van der Waals surface area contributed by atoms with Gasteiger partial charge in [-0.05, 0) is 42.5 Å². The molecule has 2 aromatic rings. The number of para-hydroxylation sites is 1. The van der Waals surface area contributed by atoms with Crippen LogP contribution in [0.3, 0.4) is 0 Å². The van der Waals surface area contributed by atoms with E-state index in [-0.39, 0.29) is 11.3 Å². The van der Waals surface area contributed by atoms with E-state index in [4.69, 9.17) is 14.2 Å². The number of ether oxygens (including phenoxy) is 3. The monoisotopic (exact) mass is 419 g/mol. The fraction of sp³-hybridized carbons (Fsp3) is 0.320. The Labute approximate surface area is 182 Å². The van der Waals surface area contributed by atoms with Crippen molar-refractivity contribution in [3.63, 3.8) is 0 Å². The number of carbonyl (C=O) groups is 2. The van der Waals surface area contributed by atoms with Gasteiger partial charge in [-0.15, -0.1) is 0 Å². The molecular formula is C25H25NO5. The zero-order valence-electron chi connectivity index (χ0n) is 18.0. The van der Waals surface area contributed by atoms with E-state index in [0.717, 1.165) is 0 Å². The van der Waals surface area contributed by atoms with Crippen molar-refractivity contribution in [2.45, 2.75) is 26.9 Å². The Morgan fingerprint density at radius 2 is 1.77 bits per heavy atom. The van der Waals surface area contributed by atoms with Gasteiger partial charge in [0.1, 0.15) is 17.6 Å². The van der Waals surface area contributed by atoms with E-state index in [0.29, 0.717) is 22.6 Å². The lowest BCUT2D eigenvalue weighted by Crippen LogP contribution is -2.14. The first kappa shape index (κ1) is 22.1. The summed E-state index contributed by atoms with van der Waals surface area (Å²) >= 11 is 0. The molecule has 3 atom stereocenters. The molecular weight excluding hydrogens is 394 g/mol. The van der Waals surface area contributed by atoms with Gasteiger partial charge in [0.15, 0.2) is 0 Å². The minimum Gasteiger partial charge on any atom is -0.466 e. The molecule has 1 unspecified atom stereocenters. The molecule has 1 aliphatic carbocycles. The van der Waals surface area contributed by atoms with E-state index in [2.05, 4.69) is 0 Å². The molecule has 1 saturated carbocycles. The number of esters is 2. The van der Waals surface area contributed by atoms with Gasteiger partial charge in [0.05, 0.1) is 13.0 Å². The van der Waals surface area contributed by atoms with Crippen LogP contribution < -0.4 is 4.74 Å². The number of carbonyl (C=O) groups excluding carboxylic acids is 2. The van der Waals surface area contributed by atoms with Gasteiger partial charge in [0.25, 0.3) is 0 Å². The maximum Gasteiger partial charge on any atom is 0.333 e. The molecule has 6 nitrogen and oxygen atoms in total. The Balaban J connectivity index is 1.71. The van der Waals surface area contributed by atoms with Crippen LogP contribution in [0.4, 0.5) is 0 Å². The second-order valence-corrected chi connectivity index (χ2v) is 8.10. The van der Waals surface area contributed by atoms with Crippen LogP contribution in [0.5, 0.6) is 11.5 Å². The second-order valence-electron chi connectivity index (χ2n) is 8.10. The molecule has 31 heavy (non-hydrogen) atoms. The largest absolute Gasteiger partial charge is 0.466 e. The molecule has 0 amide bonds. The topological polar surface area (TPSA) is 85.6 Å². The van der Waals surface area contributed by atoms with Crippen molar-refractivity contribution in [1.29, 1.82) is 5.26 Å². The summed E-state index contributed by atoms with van der Waals surface area (Å²) in [7, 11) is 1.32. The van der Waals surface area contributed by atoms with Crippen molar-refractivity contribution in [2.75, 3.05) is 7.11 Å². The number of nitrogens with zero attached hydrogens (tertiary/aromatic N) is 1. The summed E-state index contributed by atoms with van der Waals surface area (Å²) in [6, 6.07) is 18.2. The maximum atomic E-state index is 12.8. The van der Waals surface area contributed by atoms with Gasteiger partial charge in [-0.1, -0.05) is 50.3 Å². The van der Waals surface area contributed by atoms with E-state index in [1.807, 2.05) is 50.2 Å². The number of hydrogen-bond acceptors (Lipinski definition) is 6. The maximum absolute atomic E-state index is 12.8. The molecule has 0 aliphatic heterocycles. The SMILES string of the molecule is COC(=O)/C(C)=C/[C@@H]1[C@@H](C(=O)OC(C#N)c2cccc(Oc3ccccc3)c2)C1(C)C. The molecule has 160 valence electrons. The van der Waals surface area contributed by atoms with Gasteiger partial charge in [0, 0.05) is 11.1 Å². The third-order valence-corrected chi connectivity index (χ3v) is 5.59. The number of hydrogen-bond donors (Lipinski definition) is 0. The number of nitriles is 1. The van der Waals surface area contributed by atoms with Crippen LogP contribution >= 0.6 is 0 Å². The molecule has 1 aliphatic rings. The van der Waals surface area contributed by atoms with Crippen LogP contribution in [-0.4, -0.2) is 19.0 Å². The number of allylic oxidation sites excluding steroid dienone is 1. The van der Waals surface area contributed by atoms with E-state index < -0.39 is 24.0 Å². The molecule has 3 rings (SSSR count). The van der Waals surface area contributed by atoms with Gasteiger partial charge in [-0.25, -0.2) is 4.79 Å². The predicted octanol–water partition coefficient (Wildman–Crippen LogP) is 4.98. The summed E-state index contributed by atoms with van der Waals surface area (Å²) in [4.78, 5) is 24.5. The van der Waals surface area contributed by atoms with E-state index in [9.17, 15) is 14.9 Å². The Bertz CT molecular complexity index is 1040. The highest BCUT2D eigenvalue weighted by molar-refractivity contribution is 5.88. The van der Waals surface area contributed by atoms with Crippen LogP contribution in [0.15, 0.2) is 66.2 Å². The predicted molar refractivity (Wildman–Crippen MR) is 114 cm³/mol. The van der Waals surface area contributed by atoms with Crippen LogP contribution in [0.25, 0.3) is 0 Å². The lowest BCUT2D eigenvalue weighted by Gasteiger charge is -2.13. The van der Waals surface area contributed by atoms with Gasteiger partial charge in [0.2, 0.25) is 6.10 Å². The Morgan fingerprint density at radius 1 is 1.10 bits per heavy atom. The molecule has 0 saturated heterocycles. The van der Waals surface area contributed by atoms with E-state index >= 15 is 0 Å². The standard InChI is InChI=1S/C25H25NO5/c1-16(23(27)29-4)13-20-22(25(20,2)3)24(28)31-21(15-26)17-9-8-12-19(14-17)30-18-10-6-5-7-11-18/h5-14,20-22H,1-4H3/b16-13+/t20-,21?,22+/m1/s1. The molecule has 1 fully saturated rings. The molecule has 0 radical (unpaired) electrons. The van der Waals surface area contributed by atoms with Crippen molar-refractivity contribution >= 4 is 11.9 Å². The van der Waals surface area contributed by atoms with Gasteiger partial charge in [-0.2, -0.15) is 5.26 Å². The number of methoxy groups -OCH3 is 1. The van der Waals surface area contributed by atoms with E-state index in [1.54, 1.807) is 37.3 Å². The molecule has 0 bridgehead atoms. The minimum absolute atomic E-state index is 0.161. The highest BCUT2D eigenvalue weighted by Crippen LogP contribution is 2.60. The van der Waals surface area contributed by atoms with Gasteiger partial charge < -0.3 is 14.2 Å².